The number of rotatable bonds is 7. The van der Waals surface area contributed by atoms with Crippen LogP contribution in [0.15, 0.2) is 12.4 Å². The largest absolute Gasteiger partial charge is 0.378 e. The third-order valence-electron chi connectivity index (χ3n) is 4.74. The fourth-order valence-electron chi connectivity index (χ4n) is 3.14. The fraction of sp³-hybridized carbons (Fsp3) is 0.733. The lowest BCUT2D eigenvalue weighted by atomic mass is 9.63. The molecule has 0 aliphatic heterocycles. The third kappa shape index (κ3) is 3.52. The predicted octanol–water partition coefficient (Wildman–Crippen LogP) is 1.84. The van der Waals surface area contributed by atoms with E-state index in [1.807, 2.05) is 14.0 Å². The van der Waals surface area contributed by atoms with Gasteiger partial charge in [-0.05, 0) is 13.3 Å². The van der Waals surface area contributed by atoms with Crippen molar-refractivity contribution in [3.05, 3.63) is 22.5 Å². The van der Waals surface area contributed by atoms with E-state index in [0.29, 0.717) is 13.2 Å². The number of nitrogens with zero attached hydrogens (tertiary/aromatic N) is 4. The van der Waals surface area contributed by atoms with Crippen LogP contribution < -0.4 is 0 Å². The number of ether oxygens (including phenoxy) is 1. The summed E-state index contributed by atoms with van der Waals surface area (Å²) in [6.07, 6.45) is 3.82. The van der Waals surface area contributed by atoms with Gasteiger partial charge in [-0.15, -0.1) is 0 Å². The van der Waals surface area contributed by atoms with Gasteiger partial charge in [-0.2, -0.15) is 5.10 Å². The molecule has 0 saturated heterocycles. The van der Waals surface area contributed by atoms with Crippen LogP contribution in [0.4, 0.5) is 5.69 Å². The predicted molar refractivity (Wildman–Crippen MR) is 83.9 cm³/mol. The van der Waals surface area contributed by atoms with Crippen molar-refractivity contribution in [2.45, 2.75) is 52.3 Å². The van der Waals surface area contributed by atoms with Crippen LogP contribution in [0, 0.1) is 15.5 Å². The summed E-state index contributed by atoms with van der Waals surface area (Å²) in [6, 6.07) is 0.151. The maximum Gasteiger partial charge on any atom is 0.306 e. The number of aryl methyl sites for hydroxylation is 1. The second-order valence-electron chi connectivity index (χ2n) is 6.49. The molecule has 1 aliphatic rings. The van der Waals surface area contributed by atoms with Crippen molar-refractivity contribution < 1.29 is 14.5 Å². The zero-order valence-corrected chi connectivity index (χ0v) is 14.1. The zero-order valence-electron chi connectivity index (χ0n) is 14.1. The zero-order chi connectivity index (χ0) is 17.2. The maximum atomic E-state index is 12.4. The van der Waals surface area contributed by atoms with Crippen LogP contribution >= 0.6 is 0 Å². The molecular formula is C15H24N4O4. The highest BCUT2D eigenvalue weighted by Crippen LogP contribution is 2.45. The first kappa shape index (κ1) is 17.4. The number of amides is 1. The van der Waals surface area contributed by atoms with Gasteiger partial charge in [-0.25, -0.2) is 0 Å². The Bertz CT molecular complexity index is 584. The number of nitro groups is 1. The average molecular weight is 324 g/mol. The molecule has 0 unspecified atom stereocenters. The minimum Gasteiger partial charge on any atom is -0.378 e. The van der Waals surface area contributed by atoms with E-state index in [1.165, 1.54) is 17.1 Å². The minimum absolute atomic E-state index is 0.0103. The van der Waals surface area contributed by atoms with Gasteiger partial charge in [-0.3, -0.25) is 19.6 Å². The van der Waals surface area contributed by atoms with Crippen LogP contribution in [-0.4, -0.2) is 51.3 Å². The van der Waals surface area contributed by atoms with Crippen LogP contribution in [0.2, 0.25) is 0 Å². The van der Waals surface area contributed by atoms with E-state index in [-0.39, 0.29) is 35.6 Å². The summed E-state index contributed by atoms with van der Waals surface area (Å²) >= 11 is 0. The Morgan fingerprint density at radius 2 is 2.30 bits per heavy atom. The lowest BCUT2D eigenvalue weighted by Gasteiger charge is -2.54. The van der Waals surface area contributed by atoms with E-state index < -0.39 is 4.92 Å². The molecular weight excluding hydrogens is 300 g/mol. The van der Waals surface area contributed by atoms with Gasteiger partial charge < -0.3 is 9.64 Å². The van der Waals surface area contributed by atoms with E-state index in [9.17, 15) is 14.9 Å². The normalized spacial score (nSPS) is 22.4. The Kier molecular flexibility index (Phi) is 5.03. The molecule has 1 amide bonds. The fourth-order valence-corrected chi connectivity index (χ4v) is 3.14. The number of aromatic nitrogens is 2. The summed E-state index contributed by atoms with van der Waals surface area (Å²) in [7, 11) is 1.81. The van der Waals surface area contributed by atoms with Crippen LogP contribution in [-0.2, 0) is 16.1 Å². The molecule has 1 heterocycles. The minimum atomic E-state index is -0.498. The SMILES string of the molecule is CCO[C@@H]1C[C@H](N(C)C(=O)CCn2cc([N+](=O)[O-])cn2)C1(C)C. The molecule has 128 valence electrons. The van der Waals surface area contributed by atoms with Gasteiger partial charge in [0.2, 0.25) is 5.91 Å². The number of carbonyl (C=O) groups is 1. The summed E-state index contributed by atoms with van der Waals surface area (Å²) in [5.41, 5.74) is -0.129. The highest BCUT2D eigenvalue weighted by Gasteiger charge is 2.51. The van der Waals surface area contributed by atoms with E-state index >= 15 is 0 Å². The Balaban J connectivity index is 1.87. The summed E-state index contributed by atoms with van der Waals surface area (Å²) in [4.78, 5) is 24.2. The first-order valence-electron chi connectivity index (χ1n) is 7.81. The van der Waals surface area contributed by atoms with Crippen molar-refractivity contribution in [1.29, 1.82) is 0 Å². The Morgan fingerprint density at radius 1 is 1.61 bits per heavy atom. The summed E-state index contributed by atoms with van der Waals surface area (Å²) < 4.78 is 7.12. The number of carbonyl (C=O) groups excluding carboxylic acids is 1. The topological polar surface area (TPSA) is 90.5 Å². The molecule has 0 N–H and O–H groups in total. The summed E-state index contributed by atoms with van der Waals surface area (Å²) in [5, 5.41) is 14.5. The molecule has 8 heteroatoms. The number of hydrogen-bond acceptors (Lipinski definition) is 5. The lowest BCUT2D eigenvalue weighted by Crippen LogP contribution is -2.62. The van der Waals surface area contributed by atoms with E-state index in [0.717, 1.165) is 6.42 Å². The highest BCUT2D eigenvalue weighted by atomic mass is 16.6. The first-order valence-corrected chi connectivity index (χ1v) is 7.81. The second kappa shape index (κ2) is 6.66. The third-order valence-corrected chi connectivity index (χ3v) is 4.74. The molecule has 0 radical (unpaired) electrons. The van der Waals surface area contributed by atoms with Crippen LogP contribution in [0.1, 0.15) is 33.6 Å². The van der Waals surface area contributed by atoms with Crippen LogP contribution in [0.5, 0.6) is 0 Å². The van der Waals surface area contributed by atoms with Crippen molar-refractivity contribution in [2.75, 3.05) is 13.7 Å². The van der Waals surface area contributed by atoms with Gasteiger partial charge in [0.1, 0.15) is 12.4 Å². The van der Waals surface area contributed by atoms with Gasteiger partial charge >= 0.3 is 5.69 Å². The molecule has 2 atom stereocenters. The van der Waals surface area contributed by atoms with Crippen molar-refractivity contribution in [1.82, 2.24) is 14.7 Å². The van der Waals surface area contributed by atoms with Crippen molar-refractivity contribution in [2.24, 2.45) is 5.41 Å². The quantitative estimate of drug-likeness (QED) is 0.564. The Morgan fingerprint density at radius 3 is 2.83 bits per heavy atom. The van der Waals surface area contributed by atoms with Crippen LogP contribution in [0.25, 0.3) is 0 Å². The van der Waals surface area contributed by atoms with E-state index in [4.69, 9.17) is 4.74 Å². The summed E-state index contributed by atoms with van der Waals surface area (Å²) in [5.74, 6) is 0.0103. The lowest BCUT2D eigenvalue weighted by molar-refractivity contribution is -0.385. The molecule has 0 aromatic carbocycles. The molecule has 2 rings (SSSR count). The maximum absolute atomic E-state index is 12.4. The van der Waals surface area contributed by atoms with Gasteiger partial charge in [0.15, 0.2) is 0 Å². The molecule has 0 spiro atoms. The van der Waals surface area contributed by atoms with Crippen LogP contribution in [0.3, 0.4) is 0 Å². The number of hydrogen-bond donors (Lipinski definition) is 0. The molecule has 8 nitrogen and oxygen atoms in total. The molecule has 1 aromatic rings. The highest BCUT2D eigenvalue weighted by molar-refractivity contribution is 5.76. The smallest absolute Gasteiger partial charge is 0.306 e. The van der Waals surface area contributed by atoms with E-state index in [2.05, 4.69) is 18.9 Å². The van der Waals surface area contributed by atoms with Crippen molar-refractivity contribution >= 4 is 11.6 Å². The van der Waals surface area contributed by atoms with Crippen molar-refractivity contribution in [3.63, 3.8) is 0 Å². The Labute approximate surface area is 135 Å². The summed E-state index contributed by atoms with van der Waals surface area (Å²) in [6.45, 7) is 7.21. The molecule has 23 heavy (non-hydrogen) atoms. The Hall–Kier alpha value is -1.96. The first-order chi connectivity index (χ1) is 10.8. The monoisotopic (exact) mass is 324 g/mol. The van der Waals surface area contributed by atoms with Gasteiger partial charge in [0, 0.05) is 38.1 Å². The van der Waals surface area contributed by atoms with Crippen molar-refractivity contribution in [3.8, 4) is 0 Å². The van der Waals surface area contributed by atoms with Gasteiger partial charge in [0.05, 0.1) is 11.0 Å². The average Bonchev–Trinajstić information content (AvgIpc) is 2.97. The van der Waals surface area contributed by atoms with E-state index in [1.54, 1.807) is 4.90 Å². The van der Waals surface area contributed by atoms with Gasteiger partial charge in [-0.1, -0.05) is 13.8 Å². The van der Waals surface area contributed by atoms with Gasteiger partial charge in [0.25, 0.3) is 0 Å². The standard InChI is InChI=1S/C15H24N4O4/c1-5-23-13-8-12(15(13,2)3)17(4)14(20)6-7-18-10-11(9-16-18)19(21)22/h9-10,12-13H,5-8H2,1-4H3/t12-,13+/m0/s1. The second-order valence-corrected chi connectivity index (χ2v) is 6.49. The molecule has 1 aliphatic carbocycles. The molecule has 0 bridgehead atoms. The molecule has 1 fully saturated rings. The molecule has 1 saturated carbocycles. The molecule has 1 aromatic heterocycles.